The lowest BCUT2D eigenvalue weighted by Gasteiger charge is -2.33. The maximum atomic E-state index is 6.14. The van der Waals surface area contributed by atoms with Crippen molar-refractivity contribution in [2.45, 2.75) is 51.3 Å². The first-order chi connectivity index (χ1) is 13.7. The molecule has 3 heterocycles. The van der Waals surface area contributed by atoms with Crippen molar-refractivity contribution in [1.82, 2.24) is 25.4 Å². The normalized spacial score (nSPS) is 24.3. The zero-order valence-corrected chi connectivity index (χ0v) is 19.5. The molecule has 4 rings (SSSR count). The Balaban J connectivity index is 0.00000240. The molecule has 2 aromatic rings. The SMILES string of the molecule is CN=C(NCC1CCCOC1c1ccc(C)cc1)NC1CCc2ncnn2C1.I. The van der Waals surface area contributed by atoms with Crippen LogP contribution in [0, 0.1) is 12.8 Å². The fourth-order valence-corrected chi connectivity index (χ4v) is 4.15. The Morgan fingerprint density at radius 3 is 2.90 bits per heavy atom. The molecule has 1 aromatic carbocycles. The Bertz CT molecular complexity index is 806. The molecule has 2 aliphatic rings. The van der Waals surface area contributed by atoms with Crippen LogP contribution in [0.15, 0.2) is 35.6 Å². The maximum absolute atomic E-state index is 6.14. The van der Waals surface area contributed by atoms with Gasteiger partial charge in [0.15, 0.2) is 5.96 Å². The Morgan fingerprint density at radius 1 is 1.28 bits per heavy atom. The topological polar surface area (TPSA) is 76.4 Å². The first-order valence-corrected chi connectivity index (χ1v) is 10.2. The fraction of sp³-hybridized carbons (Fsp3) is 0.571. The van der Waals surface area contributed by atoms with Crippen LogP contribution in [0.3, 0.4) is 0 Å². The second-order valence-electron chi connectivity index (χ2n) is 7.80. The minimum Gasteiger partial charge on any atom is -0.373 e. The average molecular weight is 510 g/mol. The summed E-state index contributed by atoms with van der Waals surface area (Å²) in [6.07, 6.45) is 6.04. The molecular formula is C21H31IN6O. The van der Waals surface area contributed by atoms with Crippen LogP contribution in [0.2, 0.25) is 0 Å². The number of aryl methyl sites for hydroxylation is 2. The van der Waals surface area contributed by atoms with Gasteiger partial charge < -0.3 is 15.4 Å². The standard InChI is InChI=1S/C21H30N6O.HI/c1-15-5-7-16(8-6-15)20-17(4-3-11-28-20)12-23-21(22-2)26-18-9-10-19-24-14-25-27(19)13-18;/h5-8,14,17-18,20H,3-4,9-13H2,1-2H3,(H2,22,23,26);1H. The van der Waals surface area contributed by atoms with E-state index >= 15 is 0 Å². The molecule has 2 aliphatic heterocycles. The summed E-state index contributed by atoms with van der Waals surface area (Å²) < 4.78 is 8.13. The number of hydrogen-bond donors (Lipinski definition) is 2. The number of aliphatic imine (C=N–C) groups is 1. The third kappa shape index (κ3) is 5.48. The van der Waals surface area contributed by atoms with Gasteiger partial charge in [-0.05, 0) is 31.7 Å². The Kier molecular flexibility index (Phi) is 7.88. The fourth-order valence-electron chi connectivity index (χ4n) is 4.15. The van der Waals surface area contributed by atoms with Crippen LogP contribution in [0.1, 0.15) is 42.3 Å². The van der Waals surface area contributed by atoms with Crippen molar-refractivity contribution in [2.75, 3.05) is 20.2 Å². The molecule has 7 nitrogen and oxygen atoms in total. The van der Waals surface area contributed by atoms with Crippen molar-refractivity contribution < 1.29 is 4.74 Å². The number of nitrogens with zero attached hydrogens (tertiary/aromatic N) is 4. The largest absolute Gasteiger partial charge is 0.373 e. The van der Waals surface area contributed by atoms with Crippen molar-refractivity contribution in [3.63, 3.8) is 0 Å². The van der Waals surface area contributed by atoms with Crippen LogP contribution in [-0.2, 0) is 17.7 Å². The molecule has 8 heteroatoms. The number of fused-ring (bicyclic) bond motifs is 1. The highest BCUT2D eigenvalue weighted by molar-refractivity contribution is 14.0. The molecule has 1 saturated heterocycles. The molecule has 3 unspecified atom stereocenters. The minimum atomic E-state index is 0. The van der Waals surface area contributed by atoms with Crippen molar-refractivity contribution in [3.8, 4) is 0 Å². The van der Waals surface area contributed by atoms with E-state index < -0.39 is 0 Å². The Hall–Kier alpha value is -1.68. The van der Waals surface area contributed by atoms with Crippen LogP contribution in [-0.4, -0.2) is 47.0 Å². The van der Waals surface area contributed by atoms with E-state index in [1.807, 2.05) is 11.7 Å². The van der Waals surface area contributed by atoms with Gasteiger partial charge in [0, 0.05) is 38.6 Å². The number of aromatic nitrogens is 3. The number of nitrogens with one attached hydrogen (secondary N) is 2. The predicted molar refractivity (Wildman–Crippen MR) is 125 cm³/mol. The van der Waals surface area contributed by atoms with E-state index in [1.165, 1.54) is 11.1 Å². The molecule has 158 valence electrons. The van der Waals surface area contributed by atoms with Gasteiger partial charge in [-0.15, -0.1) is 24.0 Å². The molecule has 29 heavy (non-hydrogen) atoms. The number of halogens is 1. The van der Waals surface area contributed by atoms with Crippen molar-refractivity contribution in [2.24, 2.45) is 10.9 Å². The highest BCUT2D eigenvalue weighted by Crippen LogP contribution is 2.33. The second kappa shape index (κ2) is 10.4. The average Bonchev–Trinajstić information content (AvgIpc) is 3.20. The minimum absolute atomic E-state index is 0. The third-order valence-electron chi connectivity index (χ3n) is 5.75. The molecule has 0 bridgehead atoms. The number of hydrogen-bond acceptors (Lipinski definition) is 4. The lowest BCUT2D eigenvalue weighted by Crippen LogP contribution is -2.48. The van der Waals surface area contributed by atoms with Crippen LogP contribution in [0.25, 0.3) is 0 Å². The number of ether oxygens (including phenoxy) is 1. The van der Waals surface area contributed by atoms with Crippen LogP contribution < -0.4 is 10.6 Å². The summed E-state index contributed by atoms with van der Waals surface area (Å²) in [5.74, 6) is 2.35. The number of benzene rings is 1. The predicted octanol–water partition coefficient (Wildman–Crippen LogP) is 2.85. The highest BCUT2D eigenvalue weighted by atomic mass is 127. The quantitative estimate of drug-likeness (QED) is 0.376. The third-order valence-corrected chi connectivity index (χ3v) is 5.75. The molecule has 0 aliphatic carbocycles. The second-order valence-corrected chi connectivity index (χ2v) is 7.80. The van der Waals surface area contributed by atoms with Gasteiger partial charge >= 0.3 is 0 Å². The van der Waals surface area contributed by atoms with E-state index in [1.54, 1.807) is 6.33 Å². The lowest BCUT2D eigenvalue weighted by atomic mass is 9.89. The summed E-state index contributed by atoms with van der Waals surface area (Å²) in [4.78, 5) is 8.72. The van der Waals surface area contributed by atoms with Gasteiger partial charge in [-0.1, -0.05) is 29.8 Å². The monoisotopic (exact) mass is 510 g/mol. The van der Waals surface area contributed by atoms with Crippen LogP contribution in [0.5, 0.6) is 0 Å². The summed E-state index contributed by atoms with van der Waals surface area (Å²) in [7, 11) is 1.83. The molecule has 2 N–H and O–H groups in total. The molecular weight excluding hydrogens is 479 g/mol. The highest BCUT2D eigenvalue weighted by Gasteiger charge is 2.28. The van der Waals surface area contributed by atoms with E-state index in [9.17, 15) is 0 Å². The molecule has 0 saturated carbocycles. The van der Waals surface area contributed by atoms with Gasteiger partial charge in [0.05, 0.1) is 12.6 Å². The van der Waals surface area contributed by atoms with Crippen LogP contribution in [0.4, 0.5) is 0 Å². The molecule has 3 atom stereocenters. The van der Waals surface area contributed by atoms with Crippen molar-refractivity contribution >= 4 is 29.9 Å². The van der Waals surface area contributed by atoms with Crippen LogP contribution >= 0.6 is 24.0 Å². The van der Waals surface area contributed by atoms with Gasteiger partial charge in [0.25, 0.3) is 0 Å². The van der Waals surface area contributed by atoms with E-state index in [0.29, 0.717) is 12.0 Å². The summed E-state index contributed by atoms with van der Waals surface area (Å²) in [5.41, 5.74) is 2.55. The van der Waals surface area contributed by atoms with Gasteiger partial charge in [-0.2, -0.15) is 5.10 Å². The first kappa shape index (κ1) is 22.0. The van der Waals surface area contributed by atoms with Gasteiger partial charge in [-0.25, -0.2) is 9.67 Å². The van der Waals surface area contributed by atoms with E-state index in [-0.39, 0.29) is 30.1 Å². The number of rotatable bonds is 4. The Labute approximate surface area is 189 Å². The zero-order chi connectivity index (χ0) is 19.3. The zero-order valence-electron chi connectivity index (χ0n) is 17.2. The molecule has 1 fully saturated rings. The van der Waals surface area contributed by atoms with Crippen molar-refractivity contribution in [3.05, 3.63) is 47.5 Å². The Morgan fingerprint density at radius 2 is 2.10 bits per heavy atom. The molecule has 0 amide bonds. The van der Waals surface area contributed by atoms with E-state index in [4.69, 9.17) is 4.74 Å². The summed E-state index contributed by atoms with van der Waals surface area (Å²) in [5, 5.41) is 11.4. The van der Waals surface area contributed by atoms with Crippen molar-refractivity contribution in [1.29, 1.82) is 0 Å². The summed E-state index contributed by atoms with van der Waals surface area (Å²) in [6, 6.07) is 9.04. The van der Waals surface area contributed by atoms with Gasteiger partial charge in [0.2, 0.25) is 0 Å². The molecule has 1 aromatic heterocycles. The molecule has 0 spiro atoms. The van der Waals surface area contributed by atoms with Gasteiger partial charge in [-0.3, -0.25) is 4.99 Å². The lowest BCUT2D eigenvalue weighted by molar-refractivity contribution is -0.0265. The van der Waals surface area contributed by atoms with E-state index in [2.05, 4.69) is 56.9 Å². The number of guanidine groups is 1. The summed E-state index contributed by atoms with van der Waals surface area (Å²) in [6.45, 7) is 4.63. The molecule has 0 radical (unpaired) electrons. The summed E-state index contributed by atoms with van der Waals surface area (Å²) >= 11 is 0. The maximum Gasteiger partial charge on any atom is 0.191 e. The first-order valence-electron chi connectivity index (χ1n) is 10.2. The van der Waals surface area contributed by atoms with Gasteiger partial charge in [0.1, 0.15) is 12.2 Å². The van der Waals surface area contributed by atoms with E-state index in [0.717, 1.165) is 57.2 Å². The smallest absolute Gasteiger partial charge is 0.191 e.